The predicted octanol–water partition coefficient (Wildman–Crippen LogP) is 15.2. The van der Waals surface area contributed by atoms with Crippen molar-refractivity contribution in [1.82, 2.24) is 4.90 Å². The van der Waals surface area contributed by atoms with Crippen molar-refractivity contribution in [3.8, 4) is 0 Å². The molecule has 0 aliphatic carbocycles. The molecular formula is C51H101NO5. The summed E-state index contributed by atoms with van der Waals surface area (Å²) in [6, 6.07) is 0.582. The molecule has 0 heterocycles. The lowest BCUT2D eigenvalue weighted by molar-refractivity contribution is -0.146. The Labute approximate surface area is 356 Å². The number of rotatable bonds is 45. The third kappa shape index (κ3) is 38.8. The van der Waals surface area contributed by atoms with Crippen LogP contribution in [0.1, 0.15) is 253 Å². The second-order valence-corrected chi connectivity index (χ2v) is 18.3. The summed E-state index contributed by atoms with van der Waals surface area (Å²) in [5.41, 5.74) is 0. The molecule has 6 heteroatoms. The first kappa shape index (κ1) is 55.9. The van der Waals surface area contributed by atoms with E-state index < -0.39 is 0 Å². The zero-order valence-electron chi connectivity index (χ0n) is 39.7. The quantitative estimate of drug-likeness (QED) is 0.0451. The number of carbonyl (C=O) groups excluding carboxylic acids is 2. The smallest absolute Gasteiger partial charge is 0.306 e. The molecule has 6 nitrogen and oxygen atoms in total. The summed E-state index contributed by atoms with van der Waals surface area (Å²) >= 11 is 0. The summed E-state index contributed by atoms with van der Waals surface area (Å²) in [5, 5.41) is 0. The van der Waals surface area contributed by atoms with Gasteiger partial charge in [-0.2, -0.15) is 0 Å². The van der Waals surface area contributed by atoms with Crippen LogP contribution in [0, 0.1) is 17.8 Å². The van der Waals surface area contributed by atoms with E-state index in [2.05, 4.69) is 53.5 Å². The predicted molar refractivity (Wildman–Crippen MR) is 246 cm³/mol. The first-order valence-electron chi connectivity index (χ1n) is 25.4. The van der Waals surface area contributed by atoms with Crippen LogP contribution in [-0.2, 0) is 23.8 Å². The van der Waals surface area contributed by atoms with Crippen LogP contribution in [0.4, 0.5) is 0 Å². The fraction of sp³-hybridized carbons (Fsp3) is 0.961. The van der Waals surface area contributed by atoms with Crippen molar-refractivity contribution in [2.75, 3.05) is 40.0 Å². The summed E-state index contributed by atoms with van der Waals surface area (Å²) < 4.78 is 17.6. The van der Waals surface area contributed by atoms with Crippen LogP contribution in [0.25, 0.3) is 0 Å². The van der Waals surface area contributed by atoms with Gasteiger partial charge in [0.25, 0.3) is 0 Å². The summed E-state index contributed by atoms with van der Waals surface area (Å²) in [5.74, 6) is 1.73. The molecular weight excluding hydrogens is 707 g/mol. The van der Waals surface area contributed by atoms with Gasteiger partial charge in [-0.1, -0.05) is 169 Å². The van der Waals surface area contributed by atoms with E-state index in [9.17, 15) is 9.59 Å². The highest BCUT2D eigenvalue weighted by molar-refractivity contribution is 5.70. The topological polar surface area (TPSA) is 65.1 Å². The molecule has 340 valence electrons. The Morgan fingerprint density at radius 2 is 0.754 bits per heavy atom. The standard InChI is InChI=1S/C51H101NO5/c1-8-12-24-33-47(34-25-13-9-2)43-50(53)56-41-30-22-18-16-20-28-37-49(45-55-40-32-39-52(7)46(5)6)38-29-21-17-19-23-31-42-57-51(54)44-48(35-26-14-10-3)36-27-15-11-4/h46-49H,8-45H2,1-7H3. The largest absolute Gasteiger partial charge is 0.466 e. The Morgan fingerprint density at radius 3 is 1.12 bits per heavy atom. The van der Waals surface area contributed by atoms with E-state index in [1.165, 1.54) is 167 Å². The highest BCUT2D eigenvalue weighted by Crippen LogP contribution is 2.24. The van der Waals surface area contributed by atoms with Crippen molar-refractivity contribution in [1.29, 1.82) is 0 Å². The van der Waals surface area contributed by atoms with E-state index in [-0.39, 0.29) is 11.9 Å². The third-order valence-electron chi connectivity index (χ3n) is 12.3. The molecule has 0 spiro atoms. The van der Waals surface area contributed by atoms with Gasteiger partial charge in [-0.15, -0.1) is 0 Å². The number of carbonyl (C=O) groups is 2. The molecule has 0 aromatic rings. The van der Waals surface area contributed by atoms with Crippen LogP contribution in [0.3, 0.4) is 0 Å². The van der Waals surface area contributed by atoms with Gasteiger partial charge in [0.1, 0.15) is 0 Å². The Morgan fingerprint density at radius 1 is 0.421 bits per heavy atom. The molecule has 0 saturated carbocycles. The maximum Gasteiger partial charge on any atom is 0.306 e. The zero-order chi connectivity index (χ0) is 42.0. The highest BCUT2D eigenvalue weighted by atomic mass is 16.5. The van der Waals surface area contributed by atoms with E-state index in [1.54, 1.807) is 0 Å². The van der Waals surface area contributed by atoms with E-state index in [4.69, 9.17) is 14.2 Å². The molecule has 0 aromatic heterocycles. The first-order valence-corrected chi connectivity index (χ1v) is 25.4. The van der Waals surface area contributed by atoms with Gasteiger partial charge in [0.05, 0.1) is 13.2 Å². The van der Waals surface area contributed by atoms with Crippen LogP contribution in [0.15, 0.2) is 0 Å². The van der Waals surface area contributed by atoms with E-state index >= 15 is 0 Å². The number of hydrogen-bond acceptors (Lipinski definition) is 6. The van der Waals surface area contributed by atoms with Crippen LogP contribution in [-0.4, -0.2) is 62.9 Å². The lowest BCUT2D eigenvalue weighted by Gasteiger charge is -2.21. The molecule has 0 atom stereocenters. The van der Waals surface area contributed by atoms with Gasteiger partial charge in [-0.05, 0) is 96.4 Å². The second kappa shape index (κ2) is 43.0. The minimum Gasteiger partial charge on any atom is -0.466 e. The lowest BCUT2D eigenvalue weighted by Crippen LogP contribution is -2.28. The molecule has 0 bridgehead atoms. The van der Waals surface area contributed by atoms with Crippen molar-refractivity contribution in [2.45, 2.75) is 259 Å². The van der Waals surface area contributed by atoms with Crippen molar-refractivity contribution in [3.63, 3.8) is 0 Å². The van der Waals surface area contributed by atoms with Gasteiger partial charge in [-0.3, -0.25) is 9.59 Å². The third-order valence-corrected chi connectivity index (χ3v) is 12.3. The fourth-order valence-corrected chi connectivity index (χ4v) is 8.11. The number of nitrogens with zero attached hydrogens (tertiary/aromatic N) is 1. The maximum atomic E-state index is 12.5. The van der Waals surface area contributed by atoms with Crippen molar-refractivity contribution in [2.24, 2.45) is 17.8 Å². The Bertz CT molecular complexity index is 773. The highest BCUT2D eigenvalue weighted by Gasteiger charge is 2.16. The van der Waals surface area contributed by atoms with Crippen molar-refractivity contribution in [3.05, 3.63) is 0 Å². The number of ether oxygens (including phenoxy) is 3. The normalized spacial score (nSPS) is 11.9. The molecule has 0 aromatic carbocycles. The monoisotopic (exact) mass is 808 g/mol. The molecule has 57 heavy (non-hydrogen) atoms. The number of hydrogen-bond donors (Lipinski definition) is 0. The van der Waals surface area contributed by atoms with Crippen LogP contribution in [0.2, 0.25) is 0 Å². The Balaban J connectivity index is 4.31. The van der Waals surface area contributed by atoms with Crippen molar-refractivity contribution < 1.29 is 23.8 Å². The Kier molecular flexibility index (Phi) is 42.1. The first-order chi connectivity index (χ1) is 27.8. The zero-order valence-corrected chi connectivity index (χ0v) is 39.7. The average molecular weight is 808 g/mol. The van der Waals surface area contributed by atoms with Gasteiger partial charge in [0.15, 0.2) is 0 Å². The average Bonchev–Trinajstić information content (AvgIpc) is 3.19. The summed E-state index contributed by atoms with van der Waals surface area (Å²) in [6.07, 6.45) is 39.0. The Hall–Kier alpha value is -1.14. The fourth-order valence-electron chi connectivity index (χ4n) is 8.11. The van der Waals surface area contributed by atoms with E-state index in [0.29, 0.717) is 49.9 Å². The SMILES string of the molecule is CCCCCC(CCCCC)CC(=O)OCCCCCCCCC(CCCCCCCCOC(=O)CC(CCCCC)CCCCC)COCCCN(C)C(C)C. The van der Waals surface area contributed by atoms with Crippen LogP contribution < -0.4 is 0 Å². The minimum atomic E-state index is 0.0283. The molecule has 0 rings (SSSR count). The molecule has 0 aliphatic heterocycles. The molecule has 0 aliphatic rings. The second-order valence-electron chi connectivity index (χ2n) is 18.3. The van der Waals surface area contributed by atoms with Crippen molar-refractivity contribution >= 4 is 11.9 Å². The number of esters is 2. The van der Waals surface area contributed by atoms with Crippen LogP contribution in [0.5, 0.6) is 0 Å². The lowest BCUT2D eigenvalue weighted by atomic mass is 9.92. The minimum absolute atomic E-state index is 0.0283. The molecule has 0 radical (unpaired) electrons. The van der Waals surface area contributed by atoms with Gasteiger partial charge in [0, 0.05) is 38.6 Å². The summed E-state index contributed by atoms with van der Waals surface area (Å²) in [6.45, 7) is 17.5. The van der Waals surface area contributed by atoms with Gasteiger partial charge in [-0.25, -0.2) is 0 Å². The van der Waals surface area contributed by atoms with Crippen LogP contribution >= 0.6 is 0 Å². The van der Waals surface area contributed by atoms with Gasteiger partial charge < -0.3 is 19.1 Å². The summed E-state index contributed by atoms with van der Waals surface area (Å²) in [4.78, 5) is 27.5. The van der Waals surface area contributed by atoms with Gasteiger partial charge >= 0.3 is 11.9 Å². The van der Waals surface area contributed by atoms with Gasteiger partial charge in [0.2, 0.25) is 0 Å². The summed E-state index contributed by atoms with van der Waals surface area (Å²) in [7, 11) is 2.20. The molecule has 0 fully saturated rings. The molecule has 0 amide bonds. The maximum absolute atomic E-state index is 12.5. The molecule has 0 unspecified atom stereocenters. The molecule has 0 saturated heterocycles. The van der Waals surface area contributed by atoms with E-state index in [0.717, 1.165) is 51.9 Å². The number of unbranched alkanes of at least 4 members (excludes halogenated alkanes) is 18. The molecule has 0 N–H and O–H groups in total. The van der Waals surface area contributed by atoms with E-state index in [1.807, 2.05) is 0 Å².